The fourth-order valence-corrected chi connectivity index (χ4v) is 2.63. The molecule has 3 rings (SSSR count). The zero-order chi connectivity index (χ0) is 17.6. The molecule has 0 aliphatic heterocycles. The van der Waals surface area contributed by atoms with Crippen molar-refractivity contribution in [3.63, 3.8) is 0 Å². The second kappa shape index (κ2) is 7.55. The van der Waals surface area contributed by atoms with Gasteiger partial charge in [-0.2, -0.15) is 0 Å². The zero-order valence-corrected chi connectivity index (χ0v) is 13.5. The summed E-state index contributed by atoms with van der Waals surface area (Å²) in [4.78, 5) is 28.2. The summed E-state index contributed by atoms with van der Waals surface area (Å²) in [5, 5.41) is 6.59. The van der Waals surface area contributed by atoms with Crippen LogP contribution in [0.1, 0.15) is 11.6 Å². The first kappa shape index (κ1) is 16.6. The van der Waals surface area contributed by atoms with Gasteiger partial charge in [0, 0.05) is 11.6 Å². The zero-order valence-electron chi connectivity index (χ0n) is 13.5. The van der Waals surface area contributed by atoms with E-state index in [1.165, 1.54) is 0 Å². The summed E-state index contributed by atoms with van der Waals surface area (Å²) in [6.45, 7) is -0.0425. The van der Waals surface area contributed by atoms with Crippen LogP contribution in [-0.2, 0) is 9.59 Å². The lowest BCUT2D eigenvalue weighted by molar-refractivity contribution is -0.120. The Labute approximate surface area is 145 Å². The maximum Gasteiger partial charge on any atom is 0.239 e. The molecule has 3 aromatic rings. The number of aromatic nitrogens is 1. The van der Waals surface area contributed by atoms with Crippen molar-refractivity contribution < 1.29 is 9.59 Å². The normalized spacial score (nSPS) is 11.8. The van der Waals surface area contributed by atoms with Gasteiger partial charge in [-0.25, -0.2) is 0 Å². The van der Waals surface area contributed by atoms with E-state index >= 15 is 0 Å². The minimum Gasteiger partial charge on any atom is -0.368 e. The number of hydrogen-bond donors (Lipinski definition) is 3. The number of amides is 2. The predicted molar refractivity (Wildman–Crippen MR) is 96.8 cm³/mol. The molecular weight excluding hydrogens is 316 g/mol. The number of nitrogens with two attached hydrogens (primary N) is 1. The van der Waals surface area contributed by atoms with E-state index in [-0.39, 0.29) is 12.5 Å². The highest BCUT2D eigenvalue weighted by Gasteiger charge is 2.18. The molecule has 0 bridgehead atoms. The van der Waals surface area contributed by atoms with Crippen molar-refractivity contribution in [2.75, 3.05) is 11.9 Å². The van der Waals surface area contributed by atoms with Crippen molar-refractivity contribution >= 4 is 28.4 Å². The highest BCUT2D eigenvalue weighted by molar-refractivity contribution is 6.01. The number of nitrogens with one attached hydrogen (secondary N) is 2. The Morgan fingerprint density at radius 1 is 1.00 bits per heavy atom. The van der Waals surface area contributed by atoms with E-state index in [0.717, 1.165) is 16.5 Å². The van der Waals surface area contributed by atoms with Crippen molar-refractivity contribution in [2.24, 2.45) is 5.73 Å². The molecule has 126 valence electrons. The topological polar surface area (TPSA) is 97.1 Å². The monoisotopic (exact) mass is 334 g/mol. The Balaban J connectivity index is 1.68. The van der Waals surface area contributed by atoms with Crippen LogP contribution >= 0.6 is 0 Å². The van der Waals surface area contributed by atoms with E-state index < -0.39 is 11.9 Å². The third-order valence-corrected chi connectivity index (χ3v) is 3.80. The average molecular weight is 334 g/mol. The number of anilines is 1. The fraction of sp³-hybridized carbons (Fsp3) is 0.105. The van der Waals surface area contributed by atoms with Gasteiger partial charge in [0.05, 0.1) is 17.7 Å². The van der Waals surface area contributed by atoms with Crippen molar-refractivity contribution in [1.82, 2.24) is 10.3 Å². The Morgan fingerprint density at radius 3 is 2.56 bits per heavy atom. The molecule has 1 aromatic heterocycles. The van der Waals surface area contributed by atoms with Crippen LogP contribution < -0.4 is 16.4 Å². The summed E-state index contributed by atoms with van der Waals surface area (Å²) in [7, 11) is 0. The van der Waals surface area contributed by atoms with Gasteiger partial charge >= 0.3 is 0 Å². The Hall–Kier alpha value is -3.25. The fourth-order valence-electron chi connectivity index (χ4n) is 2.63. The summed E-state index contributed by atoms with van der Waals surface area (Å²) >= 11 is 0. The summed E-state index contributed by atoms with van der Waals surface area (Å²) in [6.07, 6.45) is 1.70. The van der Waals surface area contributed by atoms with E-state index in [4.69, 9.17) is 5.73 Å². The quantitative estimate of drug-likeness (QED) is 0.642. The standard InChI is InChI=1S/C19H18N4O2/c20-19(25)18(13-6-2-1-3-7-13)22-12-17(24)23-16-10-4-9-15-14(16)8-5-11-21-15/h1-11,18,22H,12H2,(H2,20,25)(H,23,24). The van der Waals surface area contributed by atoms with E-state index in [1.807, 2.05) is 48.5 Å². The van der Waals surface area contributed by atoms with Gasteiger partial charge in [-0.15, -0.1) is 0 Å². The molecule has 1 unspecified atom stereocenters. The number of pyridine rings is 1. The van der Waals surface area contributed by atoms with Crippen LogP contribution in [0.5, 0.6) is 0 Å². The first-order valence-corrected chi connectivity index (χ1v) is 7.86. The predicted octanol–water partition coefficient (Wildman–Crippen LogP) is 1.99. The van der Waals surface area contributed by atoms with Crippen molar-refractivity contribution in [3.8, 4) is 0 Å². The SMILES string of the molecule is NC(=O)C(NCC(=O)Nc1cccc2ncccc12)c1ccccc1. The molecule has 6 heteroatoms. The second-order valence-electron chi connectivity index (χ2n) is 5.55. The lowest BCUT2D eigenvalue weighted by Gasteiger charge is -2.16. The molecule has 0 aliphatic rings. The summed E-state index contributed by atoms with van der Waals surface area (Å²) < 4.78 is 0. The van der Waals surface area contributed by atoms with E-state index in [2.05, 4.69) is 15.6 Å². The molecular formula is C19H18N4O2. The number of fused-ring (bicyclic) bond motifs is 1. The number of carbonyl (C=O) groups excluding carboxylic acids is 2. The van der Waals surface area contributed by atoms with E-state index in [0.29, 0.717) is 5.69 Å². The lowest BCUT2D eigenvalue weighted by atomic mass is 10.1. The second-order valence-corrected chi connectivity index (χ2v) is 5.55. The van der Waals surface area contributed by atoms with Gasteiger partial charge in [0.2, 0.25) is 11.8 Å². The Bertz CT molecular complexity index is 891. The average Bonchev–Trinajstić information content (AvgIpc) is 2.63. The third kappa shape index (κ3) is 3.99. The maximum absolute atomic E-state index is 12.3. The number of benzene rings is 2. The number of carbonyl (C=O) groups is 2. The molecule has 0 spiro atoms. The molecule has 1 heterocycles. The molecule has 0 saturated heterocycles. The highest BCUT2D eigenvalue weighted by atomic mass is 16.2. The molecule has 4 N–H and O–H groups in total. The van der Waals surface area contributed by atoms with Gasteiger partial charge in [-0.1, -0.05) is 36.4 Å². The molecule has 25 heavy (non-hydrogen) atoms. The number of primary amides is 1. The number of hydrogen-bond acceptors (Lipinski definition) is 4. The Morgan fingerprint density at radius 2 is 1.80 bits per heavy atom. The van der Waals surface area contributed by atoms with E-state index in [9.17, 15) is 9.59 Å². The van der Waals surface area contributed by atoms with Crippen molar-refractivity contribution in [3.05, 3.63) is 72.4 Å². The van der Waals surface area contributed by atoms with Crippen LogP contribution in [0.4, 0.5) is 5.69 Å². The molecule has 2 aromatic carbocycles. The minimum absolute atomic E-state index is 0.0425. The number of rotatable bonds is 6. The third-order valence-electron chi connectivity index (χ3n) is 3.80. The smallest absolute Gasteiger partial charge is 0.239 e. The lowest BCUT2D eigenvalue weighted by Crippen LogP contribution is -2.38. The molecule has 0 fully saturated rings. The molecule has 0 aliphatic carbocycles. The maximum atomic E-state index is 12.3. The first-order chi connectivity index (χ1) is 12.1. The van der Waals surface area contributed by atoms with Gasteiger partial charge in [0.15, 0.2) is 0 Å². The first-order valence-electron chi connectivity index (χ1n) is 7.86. The minimum atomic E-state index is -0.721. The van der Waals surface area contributed by atoms with Gasteiger partial charge in [0.1, 0.15) is 6.04 Å². The molecule has 6 nitrogen and oxygen atoms in total. The van der Waals surface area contributed by atoms with Gasteiger partial charge in [-0.05, 0) is 29.8 Å². The molecule has 0 saturated carbocycles. The summed E-state index contributed by atoms with van der Waals surface area (Å²) in [5.74, 6) is -0.799. The van der Waals surface area contributed by atoms with Gasteiger partial charge in [0.25, 0.3) is 0 Å². The van der Waals surface area contributed by atoms with Crippen molar-refractivity contribution in [1.29, 1.82) is 0 Å². The van der Waals surface area contributed by atoms with Gasteiger partial charge < -0.3 is 11.1 Å². The van der Waals surface area contributed by atoms with Crippen LogP contribution in [0, 0.1) is 0 Å². The van der Waals surface area contributed by atoms with Crippen LogP contribution in [0.3, 0.4) is 0 Å². The molecule has 2 amide bonds. The van der Waals surface area contributed by atoms with Gasteiger partial charge in [-0.3, -0.25) is 19.9 Å². The van der Waals surface area contributed by atoms with Crippen LogP contribution in [-0.4, -0.2) is 23.3 Å². The summed E-state index contributed by atoms with van der Waals surface area (Å²) in [5.41, 5.74) is 7.63. The molecule has 1 atom stereocenters. The van der Waals surface area contributed by atoms with Crippen LogP contribution in [0.2, 0.25) is 0 Å². The Kier molecular flexibility index (Phi) is 5.01. The molecule has 0 radical (unpaired) electrons. The van der Waals surface area contributed by atoms with Crippen LogP contribution in [0.25, 0.3) is 10.9 Å². The number of nitrogens with zero attached hydrogens (tertiary/aromatic N) is 1. The highest BCUT2D eigenvalue weighted by Crippen LogP contribution is 2.21. The van der Waals surface area contributed by atoms with E-state index in [1.54, 1.807) is 18.3 Å². The largest absolute Gasteiger partial charge is 0.368 e. The van der Waals surface area contributed by atoms with Crippen molar-refractivity contribution in [2.45, 2.75) is 6.04 Å². The van der Waals surface area contributed by atoms with Crippen LogP contribution in [0.15, 0.2) is 66.9 Å². The summed E-state index contributed by atoms with van der Waals surface area (Å²) in [6, 6.07) is 17.6.